The average Bonchev–Trinajstić information content (AvgIpc) is 2.82. The number of nitrogens with one attached hydrogen (secondary N) is 2. The van der Waals surface area contributed by atoms with E-state index in [0.29, 0.717) is 10.0 Å². The molecule has 0 atom stereocenters. The second kappa shape index (κ2) is 9.25. The quantitative estimate of drug-likeness (QED) is 0.337. The number of halogens is 2. The van der Waals surface area contributed by atoms with E-state index in [-0.39, 0.29) is 0 Å². The van der Waals surface area contributed by atoms with Gasteiger partial charge in [-0.2, -0.15) is 0 Å². The van der Waals surface area contributed by atoms with Gasteiger partial charge in [-0.1, -0.05) is 53.5 Å². The van der Waals surface area contributed by atoms with Crippen molar-refractivity contribution in [3.63, 3.8) is 0 Å². The molecule has 0 saturated carbocycles. The molecule has 0 spiro atoms. The van der Waals surface area contributed by atoms with Crippen LogP contribution in [0, 0.1) is 0 Å². The van der Waals surface area contributed by atoms with E-state index in [2.05, 4.69) is 33.7 Å². The lowest BCUT2D eigenvalue weighted by atomic mass is 10.1. The number of fused-ring (bicyclic) bond motifs is 1. The summed E-state index contributed by atoms with van der Waals surface area (Å²) < 4.78 is 5.52. The fourth-order valence-electron chi connectivity index (χ4n) is 3.87. The number of anilines is 5. The number of benzene rings is 3. The average molecular weight is 465 g/mol. The van der Waals surface area contributed by atoms with Crippen LogP contribution in [0.5, 0.6) is 0 Å². The summed E-state index contributed by atoms with van der Waals surface area (Å²) in [4.78, 5) is 7.18. The number of rotatable bonds is 5. The van der Waals surface area contributed by atoms with E-state index in [4.69, 9.17) is 32.9 Å². The zero-order valence-electron chi connectivity index (χ0n) is 17.3. The Labute approximate surface area is 196 Å². The molecule has 4 aromatic rings. The summed E-state index contributed by atoms with van der Waals surface area (Å²) in [6, 6.07) is 23.9. The van der Waals surface area contributed by atoms with Crippen molar-refractivity contribution in [3.8, 4) is 0 Å². The van der Waals surface area contributed by atoms with E-state index >= 15 is 0 Å². The maximum Gasteiger partial charge on any atom is 0.133 e. The van der Waals surface area contributed by atoms with E-state index < -0.39 is 0 Å². The number of nitrogens with zero attached hydrogens (tertiary/aromatic N) is 2. The van der Waals surface area contributed by atoms with Crippen LogP contribution in [0.2, 0.25) is 10.0 Å². The van der Waals surface area contributed by atoms with Crippen LogP contribution in [0.4, 0.5) is 28.6 Å². The Balaban J connectivity index is 1.51. The van der Waals surface area contributed by atoms with Crippen LogP contribution in [0.25, 0.3) is 10.9 Å². The number of morpholine rings is 1. The van der Waals surface area contributed by atoms with Crippen LogP contribution in [-0.4, -0.2) is 31.3 Å². The first-order chi connectivity index (χ1) is 15.7. The van der Waals surface area contributed by atoms with Gasteiger partial charge in [0, 0.05) is 30.2 Å². The molecular formula is C25H22Cl2N4O. The Morgan fingerprint density at radius 1 is 0.781 bits per heavy atom. The monoisotopic (exact) mass is 464 g/mol. The van der Waals surface area contributed by atoms with Gasteiger partial charge >= 0.3 is 0 Å². The highest BCUT2D eigenvalue weighted by Crippen LogP contribution is 2.34. The highest BCUT2D eigenvalue weighted by molar-refractivity contribution is 6.42. The van der Waals surface area contributed by atoms with Crippen molar-refractivity contribution in [2.45, 2.75) is 0 Å². The number of aromatic nitrogens is 1. The molecule has 2 heterocycles. The van der Waals surface area contributed by atoms with Gasteiger partial charge in [0.1, 0.15) is 5.82 Å². The lowest BCUT2D eigenvalue weighted by Crippen LogP contribution is -2.36. The van der Waals surface area contributed by atoms with Gasteiger partial charge in [0.25, 0.3) is 0 Å². The largest absolute Gasteiger partial charge is 0.378 e. The van der Waals surface area contributed by atoms with Gasteiger partial charge in [0.05, 0.1) is 45.8 Å². The molecule has 1 fully saturated rings. The third kappa shape index (κ3) is 4.46. The molecule has 1 aliphatic rings. The zero-order chi connectivity index (χ0) is 21.9. The minimum atomic E-state index is 0.507. The van der Waals surface area contributed by atoms with E-state index in [1.54, 1.807) is 6.07 Å². The molecule has 1 aromatic heterocycles. The van der Waals surface area contributed by atoms with Crippen LogP contribution >= 0.6 is 23.2 Å². The summed E-state index contributed by atoms with van der Waals surface area (Å²) in [6.45, 7) is 3.21. The highest BCUT2D eigenvalue weighted by Gasteiger charge is 2.15. The van der Waals surface area contributed by atoms with Gasteiger partial charge in [-0.05, 0) is 36.4 Å². The maximum absolute atomic E-state index is 6.22. The van der Waals surface area contributed by atoms with E-state index in [1.807, 2.05) is 48.5 Å². The van der Waals surface area contributed by atoms with Crippen LogP contribution in [0.1, 0.15) is 0 Å². The standard InChI is InChI=1S/C25H22Cl2N4O/c26-19-10-9-17(15-20(19)27)28-23-16-25(29-21-6-2-1-5-18(21)23)30-22-7-3-4-8-24(22)31-11-13-32-14-12-31/h1-10,15-16H,11-14H2,(H2,28,29,30). The summed E-state index contributed by atoms with van der Waals surface area (Å²) in [5.41, 5.74) is 4.84. The lowest BCUT2D eigenvalue weighted by Gasteiger charge is -2.30. The van der Waals surface area contributed by atoms with Gasteiger partial charge in [-0.3, -0.25) is 0 Å². The summed E-state index contributed by atoms with van der Waals surface area (Å²) in [5.74, 6) is 0.756. The zero-order valence-corrected chi connectivity index (χ0v) is 18.8. The van der Waals surface area contributed by atoms with E-state index in [9.17, 15) is 0 Å². The first-order valence-corrected chi connectivity index (χ1v) is 11.2. The molecule has 162 valence electrons. The van der Waals surface area contributed by atoms with Gasteiger partial charge in [0.15, 0.2) is 0 Å². The molecule has 0 aliphatic carbocycles. The first kappa shape index (κ1) is 20.9. The molecule has 0 radical (unpaired) electrons. The fraction of sp³-hybridized carbons (Fsp3) is 0.160. The lowest BCUT2D eigenvalue weighted by molar-refractivity contribution is 0.123. The Morgan fingerprint density at radius 3 is 2.41 bits per heavy atom. The normalized spacial score (nSPS) is 13.9. The molecule has 5 nitrogen and oxygen atoms in total. The Bertz CT molecular complexity index is 1260. The first-order valence-electron chi connectivity index (χ1n) is 10.5. The highest BCUT2D eigenvalue weighted by atomic mass is 35.5. The second-order valence-corrected chi connectivity index (χ2v) is 8.38. The molecule has 1 saturated heterocycles. The van der Waals surface area contributed by atoms with Crippen molar-refractivity contribution >= 4 is 62.7 Å². The van der Waals surface area contributed by atoms with Crippen LogP contribution in [0.15, 0.2) is 72.8 Å². The SMILES string of the molecule is Clc1ccc(Nc2cc(Nc3ccccc3N3CCOCC3)nc3ccccc23)cc1Cl. The van der Waals surface area contributed by atoms with Crippen LogP contribution in [0.3, 0.4) is 0 Å². The third-order valence-electron chi connectivity index (χ3n) is 5.43. The minimum absolute atomic E-state index is 0.507. The van der Waals surface area contributed by atoms with Gasteiger partial charge < -0.3 is 20.3 Å². The predicted molar refractivity (Wildman–Crippen MR) is 134 cm³/mol. The van der Waals surface area contributed by atoms with Gasteiger partial charge in [-0.25, -0.2) is 4.98 Å². The summed E-state index contributed by atoms with van der Waals surface area (Å²) in [7, 11) is 0. The topological polar surface area (TPSA) is 49.4 Å². The number of para-hydroxylation sites is 3. The van der Waals surface area contributed by atoms with Crippen LogP contribution < -0.4 is 15.5 Å². The molecule has 0 amide bonds. The Hall–Kier alpha value is -2.99. The second-order valence-electron chi connectivity index (χ2n) is 7.57. The maximum atomic E-state index is 6.22. The van der Waals surface area contributed by atoms with Crippen molar-refractivity contribution in [3.05, 3.63) is 82.8 Å². The number of hydrogen-bond donors (Lipinski definition) is 2. The smallest absolute Gasteiger partial charge is 0.133 e. The predicted octanol–water partition coefficient (Wildman–Crippen LogP) is 6.87. The Morgan fingerprint density at radius 2 is 1.56 bits per heavy atom. The summed E-state index contributed by atoms with van der Waals surface area (Å²) in [6.07, 6.45) is 0. The number of ether oxygens (including phenoxy) is 1. The van der Waals surface area contributed by atoms with Crippen molar-refractivity contribution in [1.82, 2.24) is 4.98 Å². The molecule has 3 aromatic carbocycles. The van der Waals surface area contributed by atoms with Crippen molar-refractivity contribution in [2.24, 2.45) is 0 Å². The van der Waals surface area contributed by atoms with E-state index in [1.165, 1.54) is 0 Å². The molecular weight excluding hydrogens is 443 g/mol. The molecule has 7 heteroatoms. The molecule has 0 unspecified atom stereocenters. The molecule has 1 aliphatic heterocycles. The van der Waals surface area contributed by atoms with Crippen molar-refractivity contribution < 1.29 is 4.74 Å². The Kier molecular flexibility index (Phi) is 6.04. The van der Waals surface area contributed by atoms with Crippen molar-refractivity contribution in [2.75, 3.05) is 41.8 Å². The van der Waals surface area contributed by atoms with Crippen LogP contribution in [-0.2, 0) is 4.74 Å². The fourth-order valence-corrected chi connectivity index (χ4v) is 4.17. The summed E-state index contributed by atoms with van der Waals surface area (Å²) in [5, 5.41) is 9.05. The van der Waals surface area contributed by atoms with Gasteiger partial charge in [-0.15, -0.1) is 0 Å². The number of hydrogen-bond acceptors (Lipinski definition) is 5. The van der Waals surface area contributed by atoms with E-state index in [0.717, 1.165) is 65.8 Å². The molecule has 5 rings (SSSR count). The molecule has 0 bridgehead atoms. The van der Waals surface area contributed by atoms with Gasteiger partial charge in [0.2, 0.25) is 0 Å². The van der Waals surface area contributed by atoms with Crippen molar-refractivity contribution in [1.29, 1.82) is 0 Å². The summed E-state index contributed by atoms with van der Waals surface area (Å²) >= 11 is 12.3. The minimum Gasteiger partial charge on any atom is -0.378 e. The third-order valence-corrected chi connectivity index (χ3v) is 6.17. The molecule has 2 N–H and O–H groups in total. The number of pyridine rings is 1. The molecule has 32 heavy (non-hydrogen) atoms.